The number of fused-ring (bicyclic) bond motifs is 1. The van der Waals surface area contributed by atoms with Crippen molar-refractivity contribution in [3.63, 3.8) is 0 Å². The van der Waals surface area contributed by atoms with Gasteiger partial charge < -0.3 is 14.9 Å². The van der Waals surface area contributed by atoms with Crippen molar-refractivity contribution in [2.45, 2.75) is 45.6 Å². The molecule has 1 aromatic heterocycles. The summed E-state index contributed by atoms with van der Waals surface area (Å²) in [7, 11) is 0. The van der Waals surface area contributed by atoms with Crippen LogP contribution in [0.1, 0.15) is 53.0 Å². The highest BCUT2D eigenvalue weighted by molar-refractivity contribution is 5.39. The highest BCUT2D eigenvalue weighted by Crippen LogP contribution is 2.39. The Morgan fingerprint density at radius 1 is 1.19 bits per heavy atom. The van der Waals surface area contributed by atoms with E-state index in [1.807, 2.05) is 26.0 Å². The van der Waals surface area contributed by atoms with Crippen LogP contribution in [0, 0.1) is 20.8 Å². The summed E-state index contributed by atoms with van der Waals surface area (Å²) in [5, 5.41) is 0. The van der Waals surface area contributed by atoms with E-state index in [1.165, 1.54) is 16.7 Å². The summed E-state index contributed by atoms with van der Waals surface area (Å²) in [5.41, 5.74) is 10.2. The largest absolute Gasteiger partial charge is 0.493 e. The highest BCUT2D eigenvalue weighted by atomic mass is 16.5. The third kappa shape index (κ3) is 2.58. The fourth-order valence-electron chi connectivity index (χ4n) is 3.44. The Labute approximate surface area is 126 Å². The second kappa shape index (κ2) is 5.57. The molecule has 0 amide bonds. The minimum Gasteiger partial charge on any atom is -0.493 e. The molecule has 3 heteroatoms. The summed E-state index contributed by atoms with van der Waals surface area (Å²) in [4.78, 5) is 0. The highest BCUT2D eigenvalue weighted by Gasteiger charge is 2.26. The van der Waals surface area contributed by atoms with Gasteiger partial charge in [0.15, 0.2) is 0 Å². The molecule has 21 heavy (non-hydrogen) atoms. The average molecular weight is 285 g/mol. The fraction of sp³-hybridized carbons (Fsp3) is 0.444. The van der Waals surface area contributed by atoms with E-state index in [9.17, 15) is 0 Å². The first-order chi connectivity index (χ1) is 10.1. The first-order valence-corrected chi connectivity index (χ1v) is 7.61. The molecule has 2 N–H and O–H groups in total. The Morgan fingerprint density at radius 3 is 2.67 bits per heavy atom. The zero-order valence-electron chi connectivity index (χ0n) is 13.0. The van der Waals surface area contributed by atoms with Crippen LogP contribution in [0.15, 0.2) is 28.7 Å². The molecule has 3 nitrogen and oxygen atoms in total. The standard InChI is InChI=1S/C18H23NO2/c1-11-12(2)21-13(3)18(11)16(19)10-14-8-9-20-17-7-5-4-6-15(14)17/h4-7,14,16H,8-10,19H2,1-3H3. The molecule has 2 aromatic rings. The maximum atomic E-state index is 6.50. The van der Waals surface area contributed by atoms with E-state index in [0.29, 0.717) is 5.92 Å². The number of ether oxygens (including phenoxy) is 1. The van der Waals surface area contributed by atoms with Crippen LogP contribution in [0.2, 0.25) is 0 Å². The maximum absolute atomic E-state index is 6.50. The van der Waals surface area contributed by atoms with Gasteiger partial charge in [-0.05, 0) is 56.7 Å². The lowest BCUT2D eigenvalue weighted by atomic mass is 9.85. The van der Waals surface area contributed by atoms with Crippen LogP contribution in [0.25, 0.3) is 0 Å². The van der Waals surface area contributed by atoms with Crippen molar-refractivity contribution in [3.8, 4) is 5.75 Å². The van der Waals surface area contributed by atoms with Gasteiger partial charge in [-0.15, -0.1) is 0 Å². The smallest absolute Gasteiger partial charge is 0.122 e. The summed E-state index contributed by atoms with van der Waals surface area (Å²) in [5.74, 6) is 3.40. The van der Waals surface area contributed by atoms with Crippen molar-refractivity contribution in [2.75, 3.05) is 6.61 Å². The number of benzene rings is 1. The molecule has 1 aliphatic heterocycles. The predicted molar refractivity (Wildman–Crippen MR) is 83.8 cm³/mol. The van der Waals surface area contributed by atoms with Gasteiger partial charge in [0.2, 0.25) is 0 Å². The number of nitrogens with two attached hydrogens (primary N) is 1. The first-order valence-electron chi connectivity index (χ1n) is 7.61. The maximum Gasteiger partial charge on any atom is 0.122 e. The van der Waals surface area contributed by atoms with Gasteiger partial charge in [-0.3, -0.25) is 0 Å². The van der Waals surface area contributed by atoms with Crippen molar-refractivity contribution in [3.05, 3.63) is 52.5 Å². The van der Waals surface area contributed by atoms with Gasteiger partial charge in [0.1, 0.15) is 17.3 Å². The van der Waals surface area contributed by atoms with Gasteiger partial charge in [0, 0.05) is 11.6 Å². The molecular weight excluding hydrogens is 262 g/mol. The molecule has 0 fully saturated rings. The van der Waals surface area contributed by atoms with E-state index in [-0.39, 0.29) is 6.04 Å². The van der Waals surface area contributed by atoms with E-state index < -0.39 is 0 Å². The van der Waals surface area contributed by atoms with Crippen LogP contribution in [0.4, 0.5) is 0 Å². The van der Waals surface area contributed by atoms with E-state index >= 15 is 0 Å². The quantitative estimate of drug-likeness (QED) is 0.921. The SMILES string of the molecule is Cc1oc(C)c(C(N)CC2CCOc3ccccc32)c1C. The Hall–Kier alpha value is -1.74. The van der Waals surface area contributed by atoms with Crippen LogP contribution in [0.5, 0.6) is 5.75 Å². The Kier molecular flexibility index (Phi) is 3.77. The van der Waals surface area contributed by atoms with Crippen LogP contribution in [-0.2, 0) is 0 Å². The van der Waals surface area contributed by atoms with Gasteiger partial charge in [-0.1, -0.05) is 18.2 Å². The third-order valence-corrected chi connectivity index (χ3v) is 4.61. The molecule has 0 spiro atoms. The van der Waals surface area contributed by atoms with E-state index in [2.05, 4.69) is 19.1 Å². The Balaban J connectivity index is 1.84. The van der Waals surface area contributed by atoms with Crippen LogP contribution >= 0.6 is 0 Å². The lowest BCUT2D eigenvalue weighted by Crippen LogP contribution is -2.20. The number of hydrogen-bond donors (Lipinski definition) is 1. The van der Waals surface area contributed by atoms with Crippen molar-refractivity contribution in [1.82, 2.24) is 0 Å². The molecule has 3 rings (SSSR count). The molecule has 0 aliphatic carbocycles. The molecule has 0 bridgehead atoms. The van der Waals surface area contributed by atoms with E-state index in [1.54, 1.807) is 0 Å². The zero-order valence-corrected chi connectivity index (χ0v) is 13.0. The molecule has 112 valence electrons. The normalized spacial score (nSPS) is 19.0. The summed E-state index contributed by atoms with van der Waals surface area (Å²) < 4.78 is 11.5. The van der Waals surface area contributed by atoms with Gasteiger partial charge in [-0.2, -0.15) is 0 Å². The van der Waals surface area contributed by atoms with Crippen molar-refractivity contribution in [1.29, 1.82) is 0 Å². The molecule has 1 aromatic carbocycles. The minimum atomic E-state index is 0.0126. The van der Waals surface area contributed by atoms with Crippen molar-refractivity contribution in [2.24, 2.45) is 5.73 Å². The lowest BCUT2D eigenvalue weighted by Gasteiger charge is -2.28. The second-order valence-corrected chi connectivity index (χ2v) is 5.97. The molecule has 0 saturated carbocycles. The molecule has 0 saturated heterocycles. The number of furan rings is 1. The van der Waals surface area contributed by atoms with Gasteiger partial charge in [0.05, 0.1) is 6.61 Å². The number of rotatable bonds is 3. The Bertz CT molecular complexity index is 645. The van der Waals surface area contributed by atoms with Crippen molar-refractivity contribution < 1.29 is 9.15 Å². The fourth-order valence-corrected chi connectivity index (χ4v) is 3.44. The van der Waals surface area contributed by atoms with E-state index in [0.717, 1.165) is 36.7 Å². The number of para-hydroxylation sites is 1. The third-order valence-electron chi connectivity index (χ3n) is 4.61. The summed E-state index contributed by atoms with van der Waals surface area (Å²) in [6, 6.07) is 8.32. The van der Waals surface area contributed by atoms with E-state index in [4.69, 9.17) is 14.9 Å². The number of aryl methyl sites for hydroxylation is 2. The van der Waals surface area contributed by atoms with Crippen LogP contribution < -0.4 is 10.5 Å². The molecule has 1 aliphatic rings. The van der Waals surface area contributed by atoms with Crippen LogP contribution in [-0.4, -0.2) is 6.61 Å². The summed E-state index contributed by atoms with van der Waals surface area (Å²) in [6.45, 7) is 6.88. The summed E-state index contributed by atoms with van der Waals surface area (Å²) >= 11 is 0. The Morgan fingerprint density at radius 2 is 1.95 bits per heavy atom. The molecular formula is C18H23NO2. The molecule has 0 radical (unpaired) electrons. The van der Waals surface area contributed by atoms with Crippen LogP contribution in [0.3, 0.4) is 0 Å². The summed E-state index contributed by atoms with van der Waals surface area (Å²) in [6.07, 6.45) is 1.96. The second-order valence-electron chi connectivity index (χ2n) is 5.97. The number of hydrogen-bond acceptors (Lipinski definition) is 3. The topological polar surface area (TPSA) is 48.4 Å². The monoisotopic (exact) mass is 285 g/mol. The predicted octanol–water partition coefficient (Wildman–Crippen LogP) is 4.16. The van der Waals surface area contributed by atoms with Crippen molar-refractivity contribution >= 4 is 0 Å². The lowest BCUT2D eigenvalue weighted by molar-refractivity contribution is 0.259. The molecule has 2 unspecified atom stereocenters. The molecule has 2 atom stereocenters. The van der Waals surface area contributed by atoms with Gasteiger partial charge >= 0.3 is 0 Å². The zero-order chi connectivity index (χ0) is 15.0. The first kappa shape index (κ1) is 14.2. The average Bonchev–Trinajstić information content (AvgIpc) is 2.72. The minimum absolute atomic E-state index is 0.0126. The van der Waals surface area contributed by atoms with Gasteiger partial charge in [0.25, 0.3) is 0 Å². The van der Waals surface area contributed by atoms with Gasteiger partial charge in [-0.25, -0.2) is 0 Å². The molecule has 2 heterocycles.